The van der Waals surface area contributed by atoms with Gasteiger partial charge in [0, 0.05) is 32.7 Å². The van der Waals surface area contributed by atoms with Gasteiger partial charge in [0.2, 0.25) is 0 Å². The van der Waals surface area contributed by atoms with Crippen LogP contribution in [0.25, 0.3) is 0 Å². The van der Waals surface area contributed by atoms with Crippen LogP contribution in [0.5, 0.6) is 11.5 Å². The number of ether oxygens (including phenoxy) is 2. The van der Waals surface area contributed by atoms with Crippen molar-refractivity contribution >= 4 is 6.03 Å². The lowest BCUT2D eigenvalue weighted by Crippen LogP contribution is -2.46. The number of hydrogen-bond acceptors (Lipinski definition) is 5. The molecular formula is C20H34N4O3. The van der Waals surface area contributed by atoms with Crippen LogP contribution in [-0.4, -0.2) is 88.3 Å². The van der Waals surface area contributed by atoms with Crippen LogP contribution in [0.3, 0.4) is 0 Å². The molecule has 1 fully saturated rings. The predicted octanol–water partition coefficient (Wildman–Crippen LogP) is 1.87. The van der Waals surface area contributed by atoms with Crippen molar-refractivity contribution in [1.82, 2.24) is 20.0 Å². The van der Waals surface area contributed by atoms with E-state index in [0.29, 0.717) is 30.6 Å². The lowest BCUT2D eigenvalue weighted by atomic mass is 10.0. The molecule has 1 saturated heterocycles. The summed E-state index contributed by atoms with van der Waals surface area (Å²) >= 11 is 0. The highest BCUT2D eigenvalue weighted by Crippen LogP contribution is 2.27. The van der Waals surface area contributed by atoms with Gasteiger partial charge >= 0.3 is 6.03 Å². The first-order chi connectivity index (χ1) is 12.9. The van der Waals surface area contributed by atoms with E-state index in [1.807, 2.05) is 25.2 Å². The van der Waals surface area contributed by atoms with Gasteiger partial charge < -0.3 is 29.5 Å². The summed E-state index contributed by atoms with van der Waals surface area (Å²) in [6.07, 6.45) is 2.39. The fourth-order valence-electron chi connectivity index (χ4n) is 3.33. The quantitative estimate of drug-likeness (QED) is 0.748. The monoisotopic (exact) mass is 378 g/mol. The Hall–Kier alpha value is -1.99. The third-order valence-corrected chi connectivity index (χ3v) is 5.34. The Morgan fingerprint density at radius 1 is 1.15 bits per heavy atom. The zero-order chi connectivity index (χ0) is 19.8. The van der Waals surface area contributed by atoms with Gasteiger partial charge in [-0.05, 0) is 57.7 Å². The van der Waals surface area contributed by atoms with Gasteiger partial charge in [-0.25, -0.2) is 4.79 Å². The van der Waals surface area contributed by atoms with Crippen LogP contribution in [0.4, 0.5) is 4.79 Å². The molecule has 0 bridgehead atoms. The first kappa shape index (κ1) is 21.3. The third kappa shape index (κ3) is 6.29. The van der Waals surface area contributed by atoms with Crippen molar-refractivity contribution in [3.63, 3.8) is 0 Å². The summed E-state index contributed by atoms with van der Waals surface area (Å²) in [5.74, 6) is 1.35. The van der Waals surface area contributed by atoms with Gasteiger partial charge in [0.1, 0.15) is 0 Å². The average Bonchev–Trinajstić information content (AvgIpc) is 2.70. The summed E-state index contributed by atoms with van der Waals surface area (Å²) in [5, 5.41) is 2.96. The van der Waals surface area contributed by atoms with E-state index in [9.17, 15) is 4.79 Å². The van der Waals surface area contributed by atoms with Gasteiger partial charge in [0.25, 0.3) is 0 Å². The molecule has 1 aromatic carbocycles. The summed E-state index contributed by atoms with van der Waals surface area (Å²) in [6.45, 7) is 4.34. The maximum absolute atomic E-state index is 12.4. The van der Waals surface area contributed by atoms with E-state index in [1.165, 1.54) is 12.8 Å². The number of amides is 2. The molecule has 152 valence electrons. The smallest absolute Gasteiger partial charge is 0.317 e. The van der Waals surface area contributed by atoms with Crippen LogP contribution in [0.1, 0.15) is 18.4 Å². The molecule has 1 heterocycles. The topological polar surface area (TPSA) is 57.3 Å². The normalized spacial score (nSPS) is 15.6. The van der Waals surface area contributed by atoms with E-state index in [0.717, 1.165) is 25.2 Å². The second-order valence-corrected chi connectivity index (χ2v) is 7.28. The minimum absolute atomic E-state index is 0.0680. The maximum Gasteiger partial charge on any atom is 0.317 e. The van der Waals surface area contributed by atoms with E-state index in [-0.39, 0.29) is 6.03 Å². The van der Waals surface area contributed by atoms with E-state index in [1.54, 1.807) is 19.1 Å². The molecule has 2 amide bonds. The van der Waals surface area contributed by atoms with Crippen molar-refractivity contribution in [3.8, 4) is 11.5 Å². The van der Waals surface area contributed by atoms with Crippen LogP contribution in [0.15, 0.2) is 18.2 Å². The highest BCUT2D eigenvalue weighted by Gasteiger charge is 2.21. The predicted molar refractivity (Wildman–Crippen MR) is 108 cm³/mol. The van der Waals surface area contributed by atoms with Crippen molar-refractivity contribution in [2.75, 3.05) is 61.5 Å². The Labute approximate surface area is 163 Å². The summed E-state index contributed by atoms with van der Waals surface area (Å²) in [5.41, 5.74) is 0.970. The van der Waals surface area contributed by atoms with Gasteiger partial charge in [-0.15, -0.1) is 0 Å². The number of likely N-dealkylation sites (N-methyl/N-ethyl adjacent to an activating group) is 2. The standard InChI is InChI=1S/C20H34N4O3/c1-22-10-8-17(9-11-22)23(2)12-13-24(3)20(25)21-15-16-6-7-18(26-4)19(14-16)27-5/h6-7,14,17H,8-13,15H2,1-5H3,(H,21,25). The number of nitrogens with one attached hydrogen (secondary N) is 1. The summed E-state index contributed by atoms with van der Waals surface area (Å²) < 4.78 is 10.5. The molecule has 0 atom stereocenters. The van der Waals surface area contributed by atoms with Gasteiger partial charge in [0.15, 0.2) is 11.5 Å². The number of nitrogens with zero attached hydrogens (tertiary/aromatic N) is 3. The fraction of sp³-hybridized carbons (Fsp3) is 0.650. The Balaban J connectivity index is 1.75. The zero-order valence-electron chi connectivity index (χ0n) is 17.3. The molecule has 0 aliphatic carbocycles. The molecular weight excluding hydrogens is 344 g/mol. The summed E-state index contributed by atoms with van der Waals surface area (Å²) in [7, 11) is 9.39. The molecule has 0 spiro atoms. The molecule has 1 N–H and O–H groups in total. The Bertz CT molecular complexity index is 603. The maximum atomic E-state index is 12.4. The van der Waals surface area contributed by atoms with Gasteiger partial charge in [-0.1, -0.05) is 6.07 Å². The second-order valence-electron chi connectivity index (χ2n) is 7.28. The van der Waals surface area contributed by atoms with Crippen LogP contribution in [0, 0.1) is 0 Å². The molecule has 1 aliphatic heterocycles. The molecule has 7 heteroatoms. The number of piperidine rings is 1. The van der Waals surface area contributed by atoms with Gasteiger partial charge in [0.05, 0.1) is 14.2 Å². The minimum atomic E-state index is -0.0680. The van der Waals surface area contributed by atoms with Gasteiger partial charge in [-0.3, -0.25) is 0 Å². The summed E-state index contributed by atoms with van der Waals surface area (Å²) in [6, 6.07) is 6.20. The van der Waals surface area contributed by atoms with Crippen molar-refractivity contribution in [1.29, 1.82) is 0 Å². The van der Waals surface area contributed by atoms with Crippen molar-refractivity contribution < 1.29 is 14.3 Å². The number of carbonyl (C=O) groups excluding carboxylic acids is 1. The zero-order valence-corrected chi connectivity index (χ0v) is 17.3. The number of carbonyl (C=O) groups is 1. The number of benzene rings is 1. The molecule has 0 aromatic heterocycles. The average molecular weight is 379 g/mol. The molecule has 1 aliphatic rings. The fourth-order valence-corrected chi connectivity index (χ4v) is 3.33. The third-order valence-electron chi connectivity index (χ3n) is 5.34. The van der Waals surface area contributed by atoms with E-state index in [2.05, 4.69) is 29.2 Å². The number of likely N-dealkylation sites (tertiary alicyclic amines) is 1. The van der Waals surface area contributed by atoms with E-state index in [4.69, 9.17) is 9.47 Å². The largest absolute Gasteiger partial charge is 0.493 e. The van der Waals surface area contributed by atoms with Crippen LogP contribution >= 0.6 is 0 Å². The highest BCUT2D eigenvalue weighted by atomic mass is 16.5. The molecule has 0 unspecified atom stereocenters. The molecule has 2 rings (SSSR count). The lowest BCUT2D eigenvalue weighted by Gasteiger charge is -2.35. The van der Waals surface area contributed by atoms with E-state index < -0.39 is 0 Å². The number of urea groups is 1. The highest BCUT2D eigenvalue weighted by molar-refractivity contribution is 5.73. The lowest BCUT2D eigenvalue weighted by molar-refractivity contribution is 0.135. The van der Waals surface area contributed by atoms with Crippen molar-refractivity contribution in [3.05, 3.63) is 23.8 Å². The Morgan fingerprint density at radius 3 is 2.44 bits per heavy atom. The summed E-state index contributed by atoms with van der Waals surface area (Å²) in [4.78, 5) is 18.9. The number of methoxy groups -OCH3 is 2. The first-order valence-corrected chi connectivity index (χ1v) is 9.53. The molecule has 1 aromatic rings. The van der Waals surface area contributed by atoms with Crippen LogP contribution < -0.4 is 14.8 Å². The molecule has 0 saturated carbocycles. The minimum Gasteiger partial charge on any atom is -0.493 e. The number of hydrogen-bond donors (Lipinski definition) is 1. The number of rotatable bonds is 8. The second kappa shape index (κ2) is 10.4. The Kier molecular flexibility index (Phi) is 8.19. The van der Waals surface area contributed by atoms with Crippen molar-refractivity contribution in [2.45, 2.75) is 25.4 Å². The first-order valence-electron chi connectivity index (χ1n) is 9.53. The SMILES string of the molecule is COc1ccc(CNC(=O)N(C)CCN(C)C2CCN(C)CC2)cc1OC. The van der Waals surface area contributed by atoms with Crippen molar-refractivity contribution in [2.24, 2.45) is 0 Å². The van der Waals surface area contributed by atoms with Gasteiger partial charge in [-0.2, -0.15) is 0 Å². The van der Waals surface area contributed by atoms with E-state index >= 15 is 0 Å². The van der Waals surface area contributed by atoms with Crippen LogP contribution in [-0.2, 0) is 6.54 Å². The molecule has 0 radical (unpaired) electrons. The Morgan fingerprint density at radius 2 is 1.81 bits per heavy atom. The van der Waals surface area contributed by atoms with Crippen LogP contribution in [0.2, 0.25) is 0 Å². The molecule has 7 nitrogen and oxygen atoms in total. The molecule has 27 heavy (non-hydrogen) atoms.